The molecule has 96 valence electrons. The third kappa shape index (κ3) is 2.37. The Morgan fingerprint density at radius 3 is 2.74 bits per heavy atom. The fraction of sp³-hybridized carbons (Fsp3) is 0.154. The van der Waals surface area contributed by atoms with Gasteiger partial charge in [0, 0.05) is 13.2 Å². The Kier molecular flexibility index (Phi) is 3.05. The van der Waals surface area contributed by atoms with Crippen molar-refractivity contribution in [2.45, 2.75) is 6.54 Å². The Morgan fingerprint density at radius 1 is 1.21 bits per heavy atom. The summed E-state index contributed by atoms with van der Waals surface area (Å²) < 4.78 is 1.84. The summed E-state index contributed by atoms with van der Waals surface area (Å²) in [5, 5.41) is 8.48. The van der Waals surface area contributed by atoms with Crippen LogP contribution in [0.25, 0.3) is 11.0 Å². The number of fused-ring (bicyclic) bond motifs is 1. The largest absolute Gasteiger partial charge is 0.372 e. The van der Waals surface area contributed by atoms with Crippen molar-refractivity contribution in [1.82, 2.24) is 19.7 Å². The van der Waals surface area contributed by atoms with Crippen LogP contribution in [0.5, 0.6) is 0 Å². The third-order valence-electron chi connectivity index (χ3n) is 2.82. The SMILES string of the molecule is CNc1nc(Cl)nc2nn(Cc3ccccc3)cc12. The molecule has 3 rings (SSSR count). The van der Waals surface area contributed by atoms with Crippen LogP contribution in [0.4, 0.5) is 5.82 Å². The number of benzene rings is 1. The lowest BCUT2D eigenvalue weighted by Crippen LogP contribution is -1.99. The van der Waals surface area contributed by atoms with Crippen LogP contribution in [0.3, 0.4) is 0 Å². The highest BCUT2D eigenvalue weighted by Gasteiger charge is 2.09. The Balaban J connectivity index is 2.02. The van der Waals surface area contributed by atoms with Gasteiger partial charge in [-0.05, 0) is 17.2 Å². The predicted octanol–water partition coefficient (Wildman–Crippen LogP) is 2.57. The van der Waals surface area contributed by atoms with Crippen LogP contribution in [0.15, 0.2) is 36.5 Å². The highest BCUT2D eigenvalue weighted by molar-refractivity contribution is 6.28. The van der Waals surface area contributed by atoms with Crippen molar-refractivity contribution < 1.29 is 0 Å². The molecule has 19 heavy (non-hydrogen) atoms. The number of anilines is 1. The maximum absolute atomic E-state index is 5.86. The van der Waals surface area contributed by atoms with Gasteiger partial charge in [0.2, 0.25) is 5.28 Å². The minimum Gasteiger partial charge on any atom is -0.372 e. The number of halogens is 1. The van der Waals surface area contributed by atoms with Crippen molar-refractivity contribution in [3.05, 3.63) is 47.4 Å². The summed E-state index contributed by atoms with van der Waals surface area (Å²) in [6.45, 7) is 0.692. The summed E-state index contributed by atoms with van der Waals surface area (Å²) in [4.78, 5) is 8.26. The first kappa shape index (κ1) is 11.9. The van der Waals surface area contributed by atoms with Gasteiger partial charge in [-0.25, -0.2) is 0 Å². The Bertz CT molecular complexity index is 708. The van der Waals surface area contributed by atoms with Crippen molar-refractivity contribution in [3.63, 3.8) is 0 Å². The molecule has 0 radical (unpaired) electrons. The van der Waals surface area contributed by atoms with Crippen LogP contribution in [-0.2, 0) is 6.54 Å². The highest BCUT2D eigenvalue weighted by Crippen LogP contribution is 2.20. The molecule has 0 aliphatic heterocycles. The molecule has 0 fully saturated rings. The van der Waals surface area contributed by atoms with E-state index in [4.69, 9.17) is 11.6 Å². The van der Waals surface area contributed by atoms with Gasteiger partial charge in [0.1, 0.15) is 5.82 Å². The van der Waals surface area contributed by atoms with E-state index in [0.29, 0.717) is 18.0 Å². The van der Waals surface area contributed by atoms with Crippen LogP contribution >= 0.6 is 11.6 Å². The van der Waals surface area contributed by atoms with E-state index in [9.17, 15) is 0 Å². The molecule has 1 N–H and O–H groups in total. The number of aromatic nitrogens is 4. The standard InChI is InChI=1S/C13H12ClN5/c1-15-11-10-8-19(7-9-5-3-2-4-6-9)18-12(10)17-13(14)16-11/h2-6,8H,7H2,1H3,(H,15,16,17,18). The molecule has 3 aromatic rings. The molecule has 1 aromatic carbocycles. The van der Waals surface area contributed by atoms with E-state index in [1.807, 2.05) is 29.1 Å². The van der Waals surface area contributed by atoms with Crippen LogP contribution < -0.4 is 5.32 Å². The van der Waals surface area contributed by atoms with Crippen LogP contribution in [0.2, 0.25) is 5.28 Å². The summed E-state index contributed by atoms with van der Waals surface area (Å²) in [6.07, 6.45) is 1.92. The molecule has 0 aliphatic rings. The second-order valence-corrected chi connectivity index (χ2v) is 4.48. The number of nitrogens with one attached hydrogen (secondary N) is 1. The lowest BCUT2D eigenvalue weighted by molar-refractivity contribution is 0.693. The molecule has 0 spiro atoms. The first-order valence-corrected chi connectivity index (χ1v) is 6.26. The summed E-state index contributed by atoms with van der Waals surface area (Å²) in [5.41, 5.74) is 1.78. The molecule has 6 heteroatoms. The second kappa shape index (κ2) is 4.85. The summed E-state index contributed by atoms with van der Waals surface area (Å²) in [5.74, 6) is 0.689. The fourth-order valence-electron chi connectivity index (χ4n) is 1.97. The molecule has 0 saturated heterocycles. The van der Waals surface area contributed by atoms with E-state index >= 15 is 0 Å². The molecule has 0 unspecified atom stereocenters. The number of hydrogen-bond acceptors (Lipinski definition) is 4. The van der Waals surface area contributed by atoms with Gasteiger partial charge in [-0.1, -0.05) is 30.3 Å². The van der Waals surface area contributed by atoms with Crippen LogP contribution in [0, 0.1) is 0 Å². The normalized spacial score (nSPS) is 10.8. The minimum atomic E-state index is 0.196. The topological polar surface area (TPSA) is 55.6 Å². The molecule has 5 nitrogen and oxygen atoms in total. The van der Waals surface area contributed by atoms with Gasteiger partial charge in [0.05, 0.1) is 11.9 Å². The van der Waals surface area contributed by atoms with Gasteiger partial charge in [0.25, 0.3) is 0 Å². The zero-order valence-corrected chi connectivity index (χ0v) is 11.1. The predicted molar refractivity (Wildman–Crippen MR) is 75.4 cm³/mol. The highest BCUT2D eigenvalue weighted by atomic mass is 35.5. The lowest BCUT2D eigenvalue weighted by atomic mass is 10.2. The molecular weight excluding hydrogens is 262 g/mol. The zero-order valence-electron chi connectivity index (χ0n) is 10.3. The monoisotopic (exact) mass is 273 g/mol. The van der Waals surface area contributed by atoms with E-state index in [1.54, 1.807) is 7.05 Å². The van der Waals surface area contributed by atoms with E-state index in [0.717, 1.165) is 5.39 Å². The fourth-order valence-corrected chi connectivity index (χ4v) is 2.13. The molecule has 0 aliphatic carbocycles. The third-order valence-corrected chi connectivity index (χ3v) is 2.99. The molecule has 2 aromatic heterocycles. The van der Waals surface area contributed by atoms with E-state index in [2.05, 4.69) is 32.5 Å². The van der Waals surface area contributed by atoms with E-state index < -0.39 is 0 Å². The maximum atomic E-state index is 5.86. The lowest BCUT2D eigenvalue weighted by Gasteiger charge is -2.00. The molecule has 0 atom stereocenters. The van der Waals surface area contributed by atoms with Gasteiger partial charge in [0.15, 0.2) is 5.65 Å². The number of hydrogen-bond donors (Lipinski definition) is 1. The molecule has 2 heterocycles. The number of nitrogens with zero attached hydrogens (tertiary/aromatic N) is 4. The van der Waals surface area contributed by atoms with Crippen molar-refractivity contribution in [1.29, 1.82) is 0 Å². The first-order chi connectivity index (χ1) is 9.26. The number of rotatable bonds is 3. The Hall–Kier alpha value is -2.14. The summed E-state index contributed by atoms with van der Waals surface area (Å²) in [7, 11) is 1.80. The zero-order chi connectivity index (χ0) is 13.2. The average Bonchev–Trinajstić information content (AvgIpc) is 2.81. The molecule has 0 bridgehead atoms. The van der Waals surface area contributed by atoms with Crippen molar-refractivity contribution in [2.24, 2.45) is 0 Å². The smallest absolute Gasteiger partial charge is 0.226 e. The summed E-state index contributed by atoms with van der Waals surface area (Å²) >= 11 is 5.86. The van der Waals surface area contributed by atoms with Crippen molar-refractivity contribution >= 4 is 28.5 Å². The molecular formula is C13H12ClN5. The molecule has 0 saturated carbocycles. The Morgan fingerprint density at radius 2 is 2.00 bits per heavy atom. The first-order valence-electron chi connectivity index (χ1n) is 5.88. The minimum absolute atomic E-state index is 0.196. The van der Waals surface area contributed by atoms with Gasteiger partial charge >= 0.3 is 0 Å². The molecule has 0 amide bonds. The van der Waals surface area contributed by atoms with Gasteiger partial charge in [-0.15, -0.1) is 0 Å². The van der Waals surface area contributed by atoms with Gasteiger partial charge < -0.3 is 5.32 Å². The summed E-state index contributed by atoms with van der Waals surface area (Å²) in [6, 6.07) is 10.1. The van der Waals surface area contributed by atoms with Gasteiger partial charge in [-0.2, -0.15) is 15.1 Å². The van der Waals surface area contributed by atoms with Crippen LogP contribution in [-0.4, -0.2) is 26.8 Å². The van der Waals surface area contributed by atoms with Crippen molar-refractivity contribution in [3.8, 4) is 0 Å². The van der Waals surface area contributed by atoms with Gasteiger partial charge in [-0.3, -0.25) is 4.68 Å². The maximum Gasteiger partial charge on any atom is 0.226 e. The Labute approximate surface area is 115 Å². The quantitative estimate of drug-likeness (QED) is 0.745. The van der Waals surface area contributed by atoms with Crippen molar-refractivity contribution in [2.75, 3.05) is 12.4 Å². The second-order valence-electron chi connectivity index (χ2n) is 4.14. The van der Waals surface area contributed by atoms with Crippen LogP contribution in [0.1, 0.15) is 5.56 Å². The van der Waals surface area contributed by atoms with E-state index in [-0.39, 0.29) is 5.28 Å². The average molecular weight is 274 g/mol. The van der Waals surface area contributed by atoms with E-state index in [1.165, 1.54) is 5.56 Å².